The Hall–Kier alpha value is -2.38. The fraction of sp³-hybridized carbons (Fsp3) is 0.238. The Kier molecular flexibility index (Phi) is 6.13. The maximum absolute atomic E-state index is 12.3. The molecule has 3 aromatic rings. The Morgan fingerprint density at radius 1 is 1.15 bits per heavy atom. The van der Waals surface area contributed by atoms with E-state index in [0.717, 1.165) is 16.7 Å². The first kappa shape index (κ1) is 19.4. The van der Waals surface area contributed by atoms with E-state index < -0.39 is 24.1 Å². The number of rotatable bonds is 8. The van der Waals surface area contributed by atoms with Gasteiger partial charge in [-0.1, -0.05) is 54.6 Å². The third-order valence-corrected chi connectivity index (χ3v) is 5.37. The molecule has 0 fully saturated rings. The quantitative estimate of drug-likeness (QED) is 0.623. The van der Waals surface area contributed by atoms with Gasteiger partial charge in [-0.15, -0.1) is 11.3 Å². The van der Waals surface area contributed by atoms with Crippen molar-refractivity contribution in [2.45, 2.75) is 25.2 Å². The minimum Gasteiger partial charge on any atom is -0.388 e. The molecule has 27 heavy (non-hydrogen) atoms. The molecular formula is C21H21NO4S. The van der Waals surface area contributed by atoms with E-state index in [4.69, 9.17) is 4.74 Å². The van der Waals surface area contributed by atoms with Gasteiger partial charge in [-0.2, -0.15) is 0 Å². The standard InChI is InChI=1S/C21H21NO4S/c1-21(19(24)12-23,20(25)18-11-22-14-27-18)26-13-15-7-9-17(10-8-15)16-5-3-2-4-6-16/h2-11,14,20,23,25H,12-13H2,1H3/t20-,21+/m0/s1. The highest BCUT2D eigenvalue weighted by Gasteiger charge is 2.42. The second-order valence-electron chi connectivity index (χ2n) is 6.35. The summed E-state index contributed by atoms with van der Waals surface area (Å²) in [6, 6.07) is 17.8. The Morgan fingerprint density at radius 3 is 2.41 bits per heavy atom. The molecule has 0 amide bonds. The van der Waals surface area contributed by atoms with Crippen molar-refractivity contribution >= 4 is 17.1 Å². The zero-order valence-electron chi connectivity index (χ0n) is 14.9. The summed E-state index contributed by atoms with van der Waals surface area (Å²) in [5, 5.41) is 19.9. The maximum Gasteiger partial charge on any atom is 0.192 e. The summed E-state index contributed by atoms with van der Waals surface area (Å²) in [5.41, 5.74) is 3.08. The molecule has 0 bridgehead atoms. The summed E-state index contributed by atoms with van der Waals surface area (Å²) < 4.78 is 5.82. The summed E-state index contributed by atoms with van der Waals surface area (Å²) >= 11 is 1.23. The summed E-state index contributed by atoms with van der Waals surface area (Å²) in [6.45, 7) is 0.917. The first-order valence-corrected chi connectivity index (χ1v) is 9.41. The highest BCUT2D eigenvalue weighted by Crippen LogP contribution is 2.33. The highest BCUT2D eigenvalue weighted by molar-refractivity contribution is 7.09. The van der Waals surface area contributed by atoms with Crippen LogP contribution >= 0.6 is 11.3 Å². The number of carbonyl (C=O) groups is 1. The highest BCUT2D eigenvalue weighted by atomic mass is 32.1. The number of hydrogen-bond donors (Lipinski definition) is 2. The van der Waals surface area contributed by atoms with Crippen molar-refractivity contribution in [2.75, 3.05) is 6.61 Å². The molecule has 0 spiro atoms. The van der Waals surface area contributed by atoms with Crippen molar-refractivity contribution in [1.82, 2.24) is 4.98 Å². The van der Waals surface area contributed by atoms with Crippen LogP contribution in [0.2, 0.25) is 0 Å². The fourth-order valence-electron chi connectivity index (χ4n) is 2.76. The van der Waals surface area contributed by atoms with E-state index >= 15 is 0 Å². The van der Waals surface area contributed by atoms with Gasteiger partial charge in [-0.25, -0.2) is 0 Å². The van der Waals surface area contributed by atoms with Gasteiger partial charge < -0.3 is 14.9 Å². The van der Waals surface area contributed by atoms with E-state index in [-0.39, 0.29) is 6.61 Å². The Morgan fingerprint density at radius 2 is 1.81 bits per heavy atom. The third kappa shape index (κ3) is 4.31. The van der Waals surface area contributed by atoms with Crippen molar-refractivity contribution in [2.24, 2.45) is 0 Å². The van der Waals surface area contributed by atoms with Gasteiger partial charge in [-0.3, -0.25) is 9.78 Å². The molecule has 5 nitrogen and oxygen atoms in total. The molecule has 6 heteroatoms. The van der Waals surface area contributed by atoms with Crippen molar-refractivity contribution in [1.29, 1.82) is 0 Å². The summed E-state index contributed by atoms with van der Waals surface area (Å²) in [5.74, 6) is -0.579. The number of carbonyl (C=O) groups excluding carboxylic acids is 1. The second-order valence-corrected chi connectivity index (χ2v) is 7.26. The number of thiazole rings is 1. The van der Waals surface area contributed by atoms with Crippen molar-refractivity contribution in [3.05, 3.63) is 76.7 Å². The molecule has 0 aliphatic heterocycles. The molecular weight excluding hydrogens is 362 g/mol. The lowest BCUT2D eigenvalue weighted by atomic mass is 9.92. The Labute approximate surface area is 161 Å². The van der Waals surface area contributed by atoms with Crippen LogP contribution in [-0.4, -0.2) is 33.2 Å². The lowest BCUT2D eigenvalue weighted by molar-refractivity contribution is -0.165. The molecule has 0 saturated carbocycles. The summed E-state index contributed by atoms with van der Waals surface area (Å²) in [6.07, 6.45) is 0.296. The number of aliphatic hydroxyl groups excluding tert-OH is 2. The molecule has 140 valence electrons. The number of hydrogen-bond acceptors (Lipinski definition) is 6. The number of ether oxygens (including phenoxy) is 1. The summed E-state index contributed by atoms with van der Waals surface area (Å²) in [4.78, 5) is 16.7. The molecule has 0 aliphatic carbocycles. The number of aromatic nitrogens is 1. The average Bonchev–Trinajstić information content (AvgIpc) is 3.26. The van der Waals surface area contributed by atoms with E-state index in [1.54, 1.807) is 5.51 Å². The van der Waals surface area contributed by atoms with E-state index in [1.165, 1.54) is 24.5 Å². The smallest absolute Gasteiger partial charge is 0.192 e. The molecule has 0 unspecified atom stereocenters. The van der Waals surface area contributed by atoms with E-state index in [9.17, 15) is 15.0 Å². The number of aliphatic hydroxyl groups is 2. The van der Waals surface area contributed by atoms with Gasteiger partial charge in [0.05, 0.1) is 17.0 Å². The predicted octanol–water partition coefficient (Wildman–Crippen LogP) is 3.38. The molecule has 1 heterocycles. The minimum absolute atomic E-state index is 0.132. The minimum atomic E-state index is -1.56. The van der Waals surface area contributed by atoms with E-state index in [0.29, 0.717) is 4.88 Å². The molecule has 2 aromatic carbocycles. The number of Topliss-reactive ketones (excluding diaryl/α,β-unsaturated/α-hetero) is 1. The van der Waals surface area contributed by atoms with E-state index in [1.807, 2.05) is 54.6 Å². The van der Waals surface area contributed by atoms with Crippen molar-refractivity contribution < 1.29 is 19.7 Å². The molecule has 2 N–H and O–H groups in total. The van der Waals surface area contributed by atoms with Gasteiger partial charge in [0, 0.05) is 6.20 Å². The molecule has 0 aliphatic rings. The zero-order chi connectivity index (χ0) is 19.3. The lowest BCUT2D eigenvalue weighted by Crippen LogP contribution is -2.45. The van der Waals surface area contributed by atoms with Crippen molar-refractivity contribution in [3.63, 3.8) is 0 Å². The van der Waals surface area contributed by atoms with Crippen LogP contribution in [0.3, 0.4) is 0 Å². The molecule has 2 atom stereocenters. The fourth-order valence-corrected chi connectivity index (χ4v) is 3.48. The van der Waals surface area contributed by atoms with Crippen LogP contribution in [0.15, 0.2) is 66.3 Å². The third-order valence-electron chi connectivity index (χ3n) is 4.54. The monoisotopic (exact) mass is 383 g/mol. The van der Waals surface area contributed by atoms with Crippen LogP contribution in [0.1, 0.15) is 23.5 Å². The average molecular weight is 383 g/mol. The van der Waals surface area contributed by atoms with Crippen LogP contribution in [0, 0.1) is 0 Å². The topological polar surface area (TPSA) is 79.7 Å². The SMILES string of the molecule is C[C@@](OCc1ccc(-c2ccccc2)cc1)(C(=O)CO)[C@@H](O)c1cncs1. The zero-order valence-corrected chi connectivity index (χ0v) is 15.7. The van der Waals surface area contributed by atoms with Gasteiger partial charge in [-0.05, 0) is 23.6 Å². The van der Waals surface area contributed by atoms with Crippen LogP contribution in [-0.2, 0) is 16.1 Å². The normalized spacial score (nSPS) is 14.5. The predicted molar refractivity (Wildman–Crippen MR) is 104 cm³/mol. The molecule has 0 saturated heterocycles. The Balaban J connectivity index is 1.75. The largest absolute Gasteiger partial charge is 0.388 e. The number of ketones is 1. The molecule has 1 aromatic heterocycles. The van der Waals surface area contributed by atoms with Gasteiger partial charge in [0.2, 0.25) is 0 Å². The first-order valence-electron chi connectivity index (χ1n) is 8.53. The number of nitrogens with zero attached hydrogens (tertiary/aromatic N) is 1. The molecule has 3 rings (SSSR count). The lowest BCUT2D eigenvalue weighted by Gasteiger charge is -2.32. The van der Waals surface area contributed by atoms with E-state index in [2.05, 4.69) is 4.98 Å². The maximum atomic E-state index is 12.3. The van der Waals surface area contributed by atoms with Crippen LogP contribution in [0.5, 0.6) is 0 Å². The Bertz CT molecular complexity index is 865. The van der Waals surface area contributed by atoms with Gasteiger partial charge in [0.15, 0.2) is 11.4 Å². The summed E-state index contributed by atoms with van der Waals surface area (Å²) in [7, 11) is 0. The first-order chi connectivity index (χ1) is 13.0. The second kappa shape index (κ2) is 8.54. The van der Waals surface area contributed by atoms with Crippen LogP contribution < -0.4 is 0 Å². The van der Waals surface area contributed by atoms with Crippen LogP contribution in [0.4, 0.5) is 0 Å². The molecule has 0 radical (unpaired) electrons. The van der Waals surface area contributed by atoms with Crippen molar-refractivity contribution in [3.8, 4) is 11.1 Å². The number of benzene rings is 2. The van der Waals surface area contributed by atoms with Crippen LogP contribution in [0.25, 0.3) is 11.1 Å². The van der Waals surface area contributed by atoms with Gasteiger partial charge in [0.25, 0.3) is 0 Å². The van der Waals surface area contributed by atoms with Gasteiger partial charge >= 0.3 is 0 Å². The van der Waals surface area contributed by atoms with Gasteiger partial charge in [0.1, 0.15) is 12.7 Å².